The van der Waals surface area contributed by atoms with Crippen LogP contribution in [0.1, 0.15) is 18.7 Å². The summed E-state index contributed by atoms with van der Waals surface area (Å²) in [5.74, 6) is 1.03. The molecule has 132 valence electrons. The minimum Gasteiger partial charge on any atom is -0.352 e. The first-order valence-electron chi connectivity index (χ1n) is 8.55. The van der Waals surface area contributed by atoms with Crippen LogP contribution in [0.25, 0.3) is 0 Å². The van der Waals surface area contributed by atoms with Gasteiger partial charge in [0.1, 0.15) is 5.82 Å². The highest BCUT2D eigenvalue weighted by molar-refractivity contribution is 5.78. The van der Waals surface area contributed by atoms with Crippen molar-refractivity contribution in [3.63, 3.8) is 0 Å². The minimum atomic E-state index is 0.103. The first-order chi connectivity index (χ1) is 12.1. The predicted molar refractivity (Wildman–Crippen MR) is 96.1 cm³/mol. The first kappa shape index (κ1) is 17.3. The van der Waals surface area contributed by atoms with E-state index in [0.717, 1.165) is 24.6 Å². The molecule has 1 atom stereocenters. The van der Waals surface area contributed by atoms with E-state index in [1.807, 2.05) is 35.0 Å². The molecule has 2 aromatic rings. The standard InChI is InChI=1S/C18H24N6O/c1-15(16-5-3-4-6-20-16)22(2)14-18(25)24-11-9-23(10-12-24)17-13-19-7-8-21-17/h3-8,13,15H,9-12,14H2,1-2H3/t15-/m1/s1. The van der Waals surface area contributed by atoms with Gasteiger partial charge in [0.25, 0.3) is 0 Å². The Hall–Kier alpha value is -2.54. The average Bonchev–Trinajstić information content (AvgIpc) is 2.68. The van der Waals surface area contributed by atoms with Gasteiger partial charge in [-0.05, 0) is 26.1 Å². The minimum absolute atomic E-state index is 0.103. The number of aromatic nitrogens is 3. The van der Waals surface area contributed by atoms with Gasteiger partial charge in [-0.25, -0.2) is 4.98 Å². The van der Waals surface area contributed by atoms with E-state index >= 15 is 0 Å². The molecule has 0 bridgehead atoms. The normalized spacial score (nSPS) is 16.1. The fourth-order valence-corrected chi connectivity index (χ4v) is 2.94. The molecule has 1 saturated heterocycles. The Morgan fingerprint density at radius 2 is 1.96 bits per heavy atom. The van der Waals surface area contributed by atoms with E-state index in [-0.39, 0.29) is 11.9 Å². The van der Waals surface area contributed by atoms with Gasteiger partial charge in [0.2, 0.25) is 5.91 Å². The third-order valence-electron chi connectivity index (χ3n) is 4.67. The number of carbonyl (C=O) groups is 1. The number of rotatable bonds is 5. The summed E-state index contributed by atoms with van der Waals surface area (Å²) in [6.07, 6.45) is 6.91. The Bertz CT molecular complexity index is 672. The second-order valence-electron chi connectivity index (χ2n) is 6.28. The van der Waals surface area contributed by atoms with Crippen LogP contribution in [0.2, 0.25) is 0 Å². The zero-order chi connectivity index (χ0) is 17.6. The Morgan fingerprint density at radius 3 is 2.60 bits per heavy atom. The molecule has 0 saturated carbocycles. The predicted octanol–water partition coefficient (Wildman–Crippen LogP) is 1.21. The molecule has 3 rings (SSSR count). The van der Waals surface area contributed by atoms with Crippen LogP contribution in [-0.2, 0) is 4.79 Å². The van der Waals surface area contributed by atoms with Crippen LogP contribution in [0.5, 0.6) is 0 Å². The number of hydrogen-bond acceptors (Lipinski definition) is 6. The fraction of sp³-hybridized carbons (Fsp3) is 0.444. The molecule has 1 fully saturated rings. The molecule has 0 aliphatic carbocycles. The number of nitrogens with zero attached hydrogens (tertiary/aromatic N) is 6. The van der Waals surface area contributed by atoms with Crippen molar-refractivity contribution in [1.82, 2.24) is 24.8 Å². The second-order valence-corrected chi connectivity index (χ2v) is 6.28. The number of carbonyl (C=O) groups excluding carboxylic acids is 1. The van der Waals surface area contributed by atoms with Crippen LogP contribution in [-0.4, -0.2) is 70.4 Å². The summed E-state index contributed by atoms with van der Waals surface area (Å²) in [5.41, 5.74) is 0.977. The van der Waals surface area contributed by atoms with Gasteiger partial charge in [0, 0.05) is 50.8 Å². The maximum Gasteiger partial charge on any atom is 0.236 e. The molecule has 1 aliphatic rings. The Kier molecular flexibility index (Phi) is 5.55. The highest BCUT2D eigenvalue weighted by Crippen LogP contribution is 2.16. The van der Waals surface area contributed by atoms with E-state index < -0.39 is 0 Å². The first-order valence-corrected chi connectivity index (χ1v) is 8.55. The molecule has 2 aromatic heterocycles. The van der Waals surface area contributed by atoms with Crippen molar-refractivity contribution >= 4 is 11.7 Å². The van der Waals surface area contributed by atoms with E-state index in [9.17, 15) is 4.79 Å². The molecule has 25 heavy (non-hydrogen) atoms. The van der Waals surface area contributed by atoms with E-state index in [1.54, 1.807) is 24.8 Å². The molecular weight excluding hydrogens is 316 g/mol. The van der Waals surface area contributed by atoms with Crippen molar-refractivity contribution in [1.29, 1.82) is 0 Å². The van der Waals surface area contributed by atoms with Crippen LogP contribution in [0.3, 0.4) is 0 Å². The molecule has 0 unspecified atom stereocenters. The molecule has 7 heteroatoms. The third-order valence-corrected chi connectivity index (χ3v) is 4.67. The number of pyridine rings is 1. The summed E-state index contributed by atoms with van der Waals surface area (Å²) in [4.78, 5) is 31.5. The Labute approximate surface area is 148 Å². The monoisotopic (exact) mass is 340 g/mol. The SMILES string of the molecule is C[C@H](c1ccccn1)N(C)CC(=O)N1CCN(c2cnccn2)CC1. The van der Waals surface area contributed by atoms with Gasteiger partial charge in [-0.1, -0.05) is 6.07 Å². The molecular formula is C18H24N6O. The quantitative estimate of drug-likeness (QED) is 0.815. The van der Waals surface area contributed by atoms with Gasteiger partial charge in [-0.15, -0.1) is 0 Å². The van der Waals surface area contributed by atoms with Crippen molar-refractivity contribution in [2.75, 3.05) is 44.7 Å². The number of hydrogen-bond donors (Lipinski definition) is 0. The topological polar surface area (TPSA) is 65.5 Å². The van der Waals surface area contributed by atoms with E-state index in [0.29, 0.717) is 19.6 Å². The summed E-state index contributed by atoms with van der Waals surface area (Å²) < 4.78 is 0. The summed E-state index contributed by atoms with van der Waals surface area (Å²) in [6.45, 7) is 5.45. The molecule has 1 amide bonds. The number of anilines is 1. The zero-order valence-electron chi connectivity index (χ0n) is 14.7. The largest absolute Gasteiger partial charge is 0.352 e. The Morgan fingerprint density at radius 1 is 1.16 bits per heavy atom. The third kappa shape index (κ3) is 4.30. The van der Waals surface area contributed by atoms with Crippen molar-refractivity contribution < 1.29 is 4.79 Å². The van der Waals surface area contributed by atoms with Gasteiger partial charge in [-0.3, -0.25) is 19.7 Å². The highest BCUT2D eigenvalue weighted by atomic mass is 16.2. The molecule has 1 aliphatic heterocycles. The molecule has 3 heterocycles. The lowest BCUT2D eigenvalue weighted by Gasteiger charge is -2.36. The van der Waals surface area contributed by atoms with E-state index in [4.69, 9.17) is 0 Å². The maximum absolute atomic E-state index is 12.6. The summed E-state index contributed by atoms with van der Waals surface area (Å²) >= 11 is 0. The van der Waals surface area contributed by atoms with Crippen molar-refractivity contribution in [3.05, 3.63) is 48.7 Å². The Balaban J connectivity index is 1.51. The van der Waals surface area contributed by atoms with Crippen molar-refractivity contribution in [2.45, 2.75) is 13.0 Å². The highest BCUT2D eigenvalue weighted by Gasteiger charge is 2.24. The van der Waals surface area contributed by atoms with Gasteiger partial charge in [0.15, 0.2) is 0 Å². The molecule has 0 aromatic carbocycles. The molecule has 7 nitrogen and oxygen atoms in total. The van der Waals surface area contributed by atoms with E-state index in [2.05, 4.69) is 26.8 Å². The number of likely N-dealkylation sites (N-methyl/N-ethyl adjacent to an activating group) is 1. The van der Waals surface area contributed by atoms with Gasteiger partial charge in [-0.2, -0.15) is 0 Å². The van der Waals surface area contributed by atoms with E-state index in [1.165, 1.54) is 0 Å². The lowest BCUT2D eigenvalue weighted by atomic mass is 10.2. The van der Waals surface area contributed by atoms with Crippen molar-refractivity contribution in [2.24, 2.45) is 0 Å². The van der Waals surface area contributed by atoms with Crippen molar-refractivity contribution in [3.8, 4) is 0 Å². The van der Waals surface area contributed by atoms with Crippen LogP contribution in [0.4, 0.5) is 5.82 Å². The lowest BCUT2D eigenvalue weighted by Crippen LogP contribution is -2.51. The average molecular weight is 340 g/mol. The number of amides is 1. The zero-order valence-corrected chi connectivity index (χ0v) is 14.7. The lowest BCUT2D eigenvalue weighted by molar-refractivity contribution is -0.132. The fourth-order valence-electron chi connectivity index (χ4n) is 2.94. The van der Waals surface area contributed by atoms with Crippen LogP contribution in [0, 0.1) is 0 Å². The maximum atomic E-state index is 12.6. The summed E-state index contributed by atoms with van der Waals surface area (Å²) in [5, 5.41) is 0. The smallest absolute Gasteiger partial charge is 0.236 e. The second kappa shape index (κ2) is 8.02. The number of piperazine rings is 1. The molecule has 0 spiro atoms. The summed E-state index contributed by atoms with van der Waals surface area (Å²) in [7, 11) is 1.97. The van der Waals surface area contributed by atoms with Crippen LogP contribution in [0.15, 0.2) is 43.0 Å². The van der Waals surface area contributed by atoms with Gasteiger partial charge >= 0.3 is 0 Å². The molecule has 0 N–H and O–H groups in total. The molecule has 0 radical (unpaired) electrons. The van der Waals surface area contributed by atoms with Crippen LogP contribution < -0.4 is 4.90 Å². The summed E-state index contributed by atoms with van der Waals surface area (Å²) in [6, 6.07) is 5.97. The van der Waals surface area contributed by atoms with Gasteiger partial charge < -0.3 is 9.80 Å². The van der Waals surface area contributed by atoms with Gasteiger partial charge in [0.05, 0.1) is 18.4 Å². The van der Waals surface area contributed by atoms with Crippen LogP contribution >= 0.6 is 0 Å².